The van der Waals surface area contributed by atoms with E-state index >= 15 is 0 Å². The van der Waals surface area contributed by atoms with E-state index in [0.717, 1.165) is 37.7 Å². The van der Waals surface area contributed by atoms with Gasteiger partial charge in [0.25, 0.3) is 0 Å². The zero-order valence-electron chi connectivity index (χ0n) is 29.8. The Kier molecular flexibility index (Phi) is 9.36. The first kappa shape index (κ1) is 37.6. The fourth-order valence-corrected chi connectivity index (χ4v) is 13.1. The van der Waals surface area contributed by atoms with E-state index in [2.05, 4.69) is 33.8 Å². The summed E-state index contributed by atoms with van der Waals surface area (Å²) in [5.41, 5.74) is -1.57. The summed E-state index contributed by atoms with van der Waals surface area (Å²) in [7, 11) is -4.61. The zero-order valence-corrected chi connectivity index (χ0v) is 30.6. The second-order valence-electron chi connectivity index (χ2n) is 18.3. The van der Waals surface area contributed by atoms with Gasteiger partial charge >= 0.3 is 16.4 Å². The number of hydrogen-bond acceptors (Lipinski definition) is 11. The summed E-state index contributed by atoms with van der Waals surface area (Å²) in [6.45, 7) is 12.4. The van der Waals surface area contributed by atoms with Gasteiger partial charge in [-0.15, -0.1) is 0 Å². The van der Waals surface area contributed by atoms with Crippen LogP contribution in [0, 0.1) is 50.2 Å². The van der Waals surface area contributed by atoms with Gasteiger partial charge in [0.05, 0.1) is 24.7 Å². The molecule has 4 saturated carbocycles. The first-order valence-electron chi connectivity index (χ1n) is 18.1. The number of ether oxygens (including phenoxy) is 2. The van der Waals surface area contributed by atoms with Crippen LogP contribution in [0.5, 0.6) is 0 Å². The van der Waals surface area contributed by atoms with Crippen LogP contribution in [0.25, 0.3) is 0 Å². The van der Waals surface area contributed by atoms with Gasteiger partial charge in [-0.3, -0.25) is 9.35 Å². The summed E-state index contributed by atoms with van der Waals surface area (Å²) in [5.74, 6) is -0.486. The smallest absolute Gasteiger partial charge is 0.397 e. The number of esters is 1. The molecule has 5 fully saturated rings. The van der Waals surface area contributed by atoms with Gasteiger partial charge < -0.3 is 35.0 Å². The largest absolute Gasteiger partial charge is 0.432 e. The van der Waals surface area contributed by atoms with Crippen molar-refractivity contribution in [3.05, 3.63) is 11.6 Å². The maximum absolute atomic E-state index is 14.5. The van der Waals surface area contributed by atoms with Crippen molar-refractivity contribution < 1.29 is 57.0 Å². The highest BCUT2D eigenvalue weighted by atomic mass is 32.3. The Bertz CT molecular complexity index is 1440. The lowest BCUT2D eigenvalue weighted by molar-refractivity contribution is -0.297. The molecule has 280 valence electrons. The molecule has 0 bridgehead atoms. The molecule has 13 heteroatoms. The van der Waals surface area contributed by atoms with Gasteiger partial charge in [0.15, 0.2) is 0 Å². The Hall–Kier alpha value is -1.16. The molecule has 0 radical (unpaired) electrons. The quantitative estimate of drug-likeness (QED) is 0.134. The van der Waals surface area contributed by atoms with Crippen molar-refractivity contribution in [2.24, 2.45) is 50.2 Å². The zero-order chi connectivity index (χ0) is 36.2. The van der Waals surface area contributed by atoms with Gasteiger partial charge in [-0.25, -0.2) is 4.18 Å². The topological polar surface area (TPSA) is 200 Å². The first-order chi connectivity index (χ1) is 22.6. The first-order valence-corrected chi connectivity index (χ1v) is 19.5. The molecular formula is C36H58O12S. The molecule has 49 heavy (non-hydrogen) atoms. The number of allylic oxidation sites excluding steroid dienone is 1. The van der Waals surface area contributed by atoms with E-state index in [0.29, 0.717) is 32.1 Å². The number of carbonyl (C=O) groups excluding carboxylic acids is 1. The van der Waals surface area contributed by atoms with Gasteiger partial charge in [0.2, 0.25) is 6.29 Å². The third kappa shape index (κ3) is 5.59. The van der Waals surface area contributed by atoms with Crippen molar-refractivity contribution >= 4 is 16.4 Å². The molecule has 0 amide bonds. The highest BCUT2D eigenvalue weighted by Gasteiger charge is 2.71. The van der Waals surface area contributed by atoms with Crippen LogP contribution in [0.1, 0.15) is 106 Å². The molecule has 1 saturated heterocycles. The van der Waals surface area contributed by atoms with E-state index in [9.17, 15) is 43.3 Å². The third-order valence-electron chi connectivity index (χ3n) is 15.2. The van der Waals surface area contributed by atoms with Crippen molar-refractivity contribution in [2.75, 3.05) is 13.2 Å². The van der Waals surface area contributed by atoms with E-state index in [1.165, 1.54) is 0 Å². The van der Waals surface area contributed by atoms with Crippen molar-refractivity contribution in [1.82, 2.24) is 0 Å². The normalized spacial score (nSPS) is 49.0. The maximum Gasteiger partial charge on any atom is 0.397 e. The average molecular weight is 715 g/mol. The number of rotatable bonds is 6. The molecule has 6 N–H and O–H groups in total. The van der Waals surface area contributed by atoms with Gasteiger partial charge in [0.1, 0.15) is 24.4 Å². The van der Waals surface area contributed by atoms with Crippen LogP contribution in [-0.2, 0) is 28.9 Å². The van der Waals surface area contributed by atoms with Crippen LogP contribution in [0.3, 0.4) is 0 Å². The molecule has 0 aromatic heterocycles. The Morgan fingerprint density at radius 1 is 0.898 bits per heavy atom. The molecule has 0 aromatic rings. The molecule has 13 unspecified atom stereocenters. The van der Waals surface area contributed by atoms with Gasteiger partial charge in [0, 0.05) is 5.41 Å². The Balaban J connectivity index is 1.36. The minimum Gasteiger partial charge on any atom is -0.432 e. The number of carbonyl (C=O) groups is 1. The van der Waals surface area contributed by atoms with Crippen LogP contribution < -0.4 is 0 Å². The fraction of sp³-hybridized carbons (Fsp3) is 0.917. The summed E-state index contributed by atoms with van der Waals surface area (Å²) >= 11 is 0. The SMILES string of the molecule is CC1(C)CCC2(C(=O)OC3OC(CO)C(O)C(O)C3O)CCC3(CO)C(=CCC4C5(C)CCC(OS(=O)(=O)O)C(C)(C)C5CCC43C)C2C1. The molecule has 1 heterocycles. The molecule has 1 aliphatic heterocycles. The van der Waals surface area contributed by atoms with Crippen LogP contribution in [0.15, 0.2) is 11.6 Å². The Morgan fingerprint density at radius 2 is 1.57 bits per heavy atom. The average Bonchev–Trinajstić information content (AvgIpc) is 3.01. The lowest BCUT2D eigenvalue weighted by Gasteiger charge is -2.71. The minimum absolute atomic E-state index is 0.0702. The van der Waals surface area contributed by atoms with E-state index in [1.807, 2.05) is 13.8 Å². The lowest BCUT2D eigenvalue weighted by atomic mass is 9.33. The standard InChI is InChI=1S/C36H58O12S/c1-31(2)13-14-35(30(42)47-29-28(41)27(40)26(39)22(18-37)46-29)15-16-36(19-38)20(21(35)17-31)7-8-24-33(5)11-10-25(48-49(43,44)45)32(3,4)23(33)9-12-34(24,36)6/h7,21-29,37-41H,8-19H2,1-6H3,(H,43,44,45). The van der Waals surface area contributed by atoms with E-state index in [-0.39, 0.29) is 40.6 Å². The van der Waals surface area contributed by atoms with Crippen molar-refractivity contribution in [3.8, 4) is 0 Å². The third-order valence-corrected chi connectivity index (χ3v) is 15.7. The number of aliphatic hydroxyl groups is 5. The minimum atomic E-state index is -4.61. The van der Waals surface area contributed by atoms with E-state index in [1.54, 1.807) is 0 Å². The highest BCUT2D eigenvalue weighted by molar-refractivity contribution is 7.80. The second kappa shape index (κ2) is 12.2. The number of hydrogen-bond donors (Lipinski definition) is 6. The van der Waals surface area contributed by atoms with Crippen molar-refractivity contribution in [3.63, 3.8) is 0 Å². The summed E-state index contributed by atoms with van der Waals surface area (Å²) in [4.78, 5) is 14.5. The van der Waals surface area contributed by atoms with Crippen LogP contribution in [0.2, 0.25) is 0 Å². The van der Waals surface area contributed by atoms with E-state index < -0.39 is 76.0 Å². The van der Waals surface area contributed by atoms with Crippen LogP contribution in [0.4, 0.5) is 0 Å². The highest BCUT2D eigenvalue weighted by Crippen LogP contribution is 2.76. The molecular weight excluding hydrogens is 656 g/mol. The predicted molar refractivity (Wildman–Crippen MR) is 177 cm³/mol. The summed E-state index contributed by atoms with van der Waals surface area (Å²) in [5, 5.41) is 52.7. The number of fused-ring (bicyclic) bond motifs is 7. The van der Waals surface area contributed by atoms with Gasteiger partial charge in [-0.05, 0) is 104 Å². The molecule has 13 atom stereocenters. The second-order valence-corrected chi connectivity index (χ2v) is 19.3. The molecule has 6 rings (SSSR count). The monoisotopic (exact) mass is 714 g/mol. The number of aliphatic hydroxyl groups excluding tert-OH is 5. The maximum atomic E-state index is 14.5. The Morgan fingerprint density at radius 3 is 2.20 bits per heavy atom. The van der Waals surface area contributed by atoms with Crippen molar-refractivity contribution in [2.45, 2.75) is 143 Å². The molecule has 6 aliphatic rings. The van der Waals surface area contributed by atoms with Crippen LogP contribution in [-0.4, -0.2) is 94.5 Å². The summed E-state index contributed by atoms with van der Waals surface area (Å²) in [6.07, 6.45) is 0.561. The van der Waals surface area contributed by atoms with Crippen molar-refractivity contribution in [1.29, 1.82) is 0 Å². The van der Waals surface area contributed by atoms with Gasteiger partial charge in [-0.1, -0.05) is 53.2 Å². The molecule has 0 spiro atoms. The van der Waals surface area contributed by atoms with Gasteiger partial charge in [-0.2, -0.15) is 8.42 Å². The summed E-state index contributed by atoms with van der Waals surface area (Å²) < 4.78 is 49.8. The predicted octanol–water partition coefficient (Wildman–Crippen LogP) is 3.29. The molecule has 12 nitrogen and oxygen atoms in total. The molecule has 5 aliphatic carbocycles. The lowest BCUT2D eigenvalue weighted by Crippen LogP contribution is -2.67. The van der Waals surface area contributed by atoms with Crippen LogP contribution >= 0.6 is 0 Å². The summed E-state index contributed by atoms with van der Waals surface area (Å²) in [6, 6.07) is 0. The fourth-order valence-electron chi connectivity index (χ4n) is 12.4. The Labute approximate surface area is 290 Å². The molecule has 0 aromatic carbocycles. The van der Waals surface area contributed by atoms with E-state index in [4.69, 9.17) is 13.7 Å².